The Balaban J connectivity index is 1.49. The molecule has 4 aliphatic rings. The van der Waals surface area contributed by atoms with Crippen molar-refractivity contribution in [3.63, 3.8) is 0 Å². The maximum Gasteiger partial charge on any atom is -0.0292 e. The number of hydrogen-bond donors (Lipinski definition) is 0. The predicted octanol–water partition coefficient (Wildman–Crippen LogP) is 5.28. The molecular formula is C18H30. The topological polar surface area (TPSA) is 0 Å². The SMILES string of the molecule is CC1CC(CC2(C)CC3CCC2C3)C2CCCC12. The minimum atomic E-state index is 0.755. The van der Waals surface area contributed by atoms with Crippen LogP contribution in [0.1, 0.15) is 71.6 Å². The molecule has 0 nitrogen and oxygen atoms in total. The molecule has 4 aliphatic carbocycles. The van der Waals surface area contributed by atoms with Crippen LogP contribution in [0, 0.1) is 40.9 Å². The lowest BCUT2D eigenvalue weighted by Crippen LogP contribution is -2.28. The molecule has 102 valence electrons. The van der Waals surface area contributed by atoms with Crippen molar-refractivity contribution in [1.82, 2.24) is 0 Å². The molecule has 0 heteroatoms. The van der Waals surface area contributed by atoms with Crippen LogP contribution in [0.4, 0.5) is 0 Å². The zero-order chi connectivity index (χ0) is 12.3. The maximum atomic E-state index is 2.66. The molecule has 4 rings (SSSR count). The summed E-state index contributed by atoms with van der Waals surface area (Å²) in [5.41, 5.74) is 0.755. The van der Waals surface area contributed by atoms with Gasteiger partial charge in [0.25, 0.3) is 0 Å². The third-order valence-electron chi connectivity index (χ3n) is 7.65. The lowest BCUT2D eigenvalue weighted by molar-refractivity contribution is 0.124. The molecule has 7 atom stereocenters. The summed E-state index contributed by atoms with van der Waals surface area (Å²) in [4.78, 5) is 0. The fourth-order valence-electron chi connectivity index (χ4n) is 6.94. The number of fused-ring (bicyclic) bond motifs is 3. The fraction of sp³-hybridized carbons (Fsp3) is 1.00. The Labute approximate surface area is 113 Å². The second-order valence-electron chi connectivity index (χ2n) is 8.67. The summed E-state index contributed by atoms with van der Waals surface area (Å²) >= 11 is 0. The van der Waals surface area contributed by atoms with Gasteiger partial charge in [-0.25, -0.2) is 0 Å². The van der Waals surface area contributed by atoms with Gasteiger partial charge in [0.05, 0.1) is 0 Å². The van der Waals surface area contributed by atoms with Crippen molar-refractivity contribution in [3.05, 3.63) is 0 Å². The van der Waals surface area contributed by atoms with Crippen molar-refractivity contribution in [2.45, 2.75) is 71.6 Å². The highest BCUT2D eigenvalue weighted by Crippen LogP contribution is 2.61. The van der Waals surface area contributed by atoms with Crippen LogP contribution in [-0.2, 0) is 0 Å². The monoisotopic (exact) mass is 246 g/mol. The van der Waals surface area contributed by atoms with Gasteiger partial charge < -0.3 is 0 Å². The summed E-state index contributed by atoms with van der Waals surface area (Å²) in [6.07, 6.45) is 14.1. The van der Waals surface area contributed by atoms with Crippen LogP contribution in [0.3, 0.4) is 0 Å². The zero-order valence-corrected chi connectivity index (χ0v) is 12.3. The van der Waals surface area contributed by atoms with Crippen LogP contribution in [0.5, 0.6) is 0 Å². The second kappa shape index (κ2) is 4.00. The van der Waals surface area contributed by atoms with Gasteiger partial charge in [-0.3, -0.25) is 0 Å². The maximum absolute atomic E-state index is 2.66. The molecular weight excluding hydrogens is 216 g/mol. The molecule has 18 heavy (non-hydrogen) atoms. The van der Waals surface area contributed by atoms with Crippen LogP contribution < -0.4 is 0 Å². The third kappa shape index (κ3) is 1.63. The van der Waals surface area contributed by atoms with E-state index < -0.39 is 0 Å². The highest BCUT2D eigenvalue weighted by Gasteiger charge is 2.51. The van der Waals surface area contributed by atoms with E-state index in [0.717, 1.165) is 40.9 Å². The Hall–Kier alpha value is 0. The minimum Gasteiger partial charge on any atom is -0.0622 e. The first-order valence-corrected chi connectivity index (χ1v) is 8.66. The molecule has 4 saturated carbocycles. The number of hydrogen-bond acceptors (Lipinski definition) is 0. The predicted molar refractivity (Wildman–Crippen MR) is 76.3 cm³/mol. The Bertz CT molecular complexity index is 333. The molecule has 0 amide bonds. The largest absolute Gasteiger partial charge is 0.0622 e. The average molecular weight is 246 g/mol. The summed E-state index contributed by atoms with van der Waals surface area (Å²) in [5.74, 6) is 6.64. The minimum absolute atomic E-state index is 0.755. The molecule has 0 saturated heterocycles. The lowest BCUT2D eigenvalue weighted by atomic mass is 9.67. The van der Waals surface area contributed by atoms with E-state index in [1.807, 2.05) is 0 Å². The lowest BCUT2D eigenvalue weighted by Gasteiger charge is -2.38. The molecule has 0 aliphatic heterocycles. The van der Waals surface area contributed by atoms with E-state index in [1.54, 1.807) is 57.8 Å². The second-order valence-corrected chi connectivity index (χ2v) is 8.67. The summed E-state index contributed by atoms with van der Waals surface area (Å²) in [6, 6.07) is 0. The molecule has 0 spiro atoms. The van der Waals surface area contributed by atoms with Gasteiger partial charge in [0.2, 0.25) is 0 Å². The highest BCUT2D eigenvalue weighted by atomic mass is 14.6. The average Bonchev–Trinajstić information content (AvgIpc) is 3.03. The van der Waals surface area contributed by atoms with Crippen molar-refractivity contribution >= 4 is 0 Å². The Morgan fingerprint density at radius 3 is 2.56 bits per heavy atom. The molecule has 4 fully saturated rings. The van der Waals surface area contributed by atoms with Gasteiger partial charge >= 0.3 is 0 Å². The van der Waals surface area contributed by atoms with E-state index in [0.29, 0.717) is 0 Å². The molecule has 2 bridgehead atoms. The molecule has 0 heterocycles. The number of rotatable bonds is 2. The standard InChI is InChI=1S/C18H30/c1-12-8-14(17-5-3-4-16(12)17)11-18(2)10-13-6-7-15(18)9-13/h12-17H,3-11H2,1-2H3. The van der Waals surface area contributed by atoms with Crippen LogP contribution in [0.25, 0.3) is 0 Å². The van der Waals surface area contributed by atoms with Gasteiger partial charge in [-0.2, -0.15) is 0 Å². The molecule has 0 aromatic carbocycles. The van der Waals surface area contributed by atoms with Crippen molar-refractivity contribution in [1.29, 1.82) is 0 Å². The molecule has 0 radical (unpaired) electrons. The Kier molecular flexibility index (Phi) is 2.62. The van der Waals surface area contributed by atoms with Crippen LogP contribution >= 0.6 is 0 Å². The zero-order valence-electron chi connectivity index (χ0n) is 12.3. The smallest absolute Gasteiger partial charge is 0.0292 e. The fourth-order valence-corrected chi connectivity index (χ4v) is 6.94. The summed E-state index contributed by atoms with van der Waals surface area (Å²) in [7, 11) is 0. The summed E-state index contributed by atoms with van der Waals surface area (Å²) in [5, 5.41) is 0. The van der Waals surface area contributed by atoms with Crippen molar-refractivity contribution < 1.29 is 0 Å². The van der Waals surface area contributed by atoms with E-state index in [1.165, 1.54) is 0 Å². The van der Waals surface area contributed by atoms with Gasteiger partial charge in [0, 0.05) is 0 Å². The quantitative estimate of drug-likeness (QED) is 0.622. The summed E-state index contributed by atoms with van der Waals surface area (Å²) < 4.78 is 0. The van der Waals surface area contributed by atoms with Crippen LogP contribution in [0.15, 0.2) is 0 Å². The Morgan fingerprint density at radius 2 is 1.83 bits per heavy atom. The normalized spacial score (nSPS) is 58.3. The molecule has 7 unspecified atom stereocenters. The van der Waals surface area contributed by atoms with Gasteiger partial charge in [-0.1, -0.05) is 26.7 Å². The molecule has 0 aromatic rings. The Morgan fingerprint density at radius 1 is 1.00 bits per heavy atom. The van der Waals surface area contributed by atoms with Crippen molar-refractivity contribution in [2.75, 3.05) is 0 Å². The molecule has 0 aromatic heterocycles. The van der Waals surface area contributed by atoms with Gasteiger partial charge in [-0.05, 0) is 85.9 Å². The van der Waals surface area contributed by atoms with E-state index in [-0.39, 0.29) is 0 Å². The van der Waals surface area contributed by atoms with Gasteiger partial charge in [0.15, 0.2) is 0 Å². The van der Waals surface area contributed by atoms with Crippen LogP contribution in [0.2, 0.25) is 0 Å². The first kappa shape index (κ1) is 11.8. The van der Waals surface area contributed by atoms with Crippen LogP contribution in [-0.4, -0.2) is 0 Å². The summed E-state index contributed by atoms with van der Waals surface area (Å²) in [6.45, 7) is 5.20. The van der Waals surface area contributed by atoms with Crippen molar-refractivity contribution in [3.8, 4) is 0 Å². The van der Waals surface area contributed by atoms with E-state index >= 15 is 0 Å². The molecule has 0 N–H and O–H groups in total. The van der Waals surface area contributed by atoms with E-state index in [9.17, 15) is 0 Å². The highest BCUT2D eigenvalue weighted by molar-refractivity contribution is 5.02. The van der Waals surface area contributed by atoms with E-state index in [2.05, 4.69) is 13.8 Å². The van der Waals surface area contributed by atoms with Gasteiger partial charge in [0.1, 0.15) is 0 Å². The van der Waals surface area contributed by atoms with Gasteiger partial charge in [-0.15, -0.1) is 0 Å². The first-order valence-electron chi connectivity index (χ1n) is 8.66. The van der Waals surface area contributed by atoms with E-state index in [4.69, 9.17) is 0 Å². The first-order chi connectivity index (χ1) is 8.66. The third-order valence-corrected chi connectivity index (χ3v) is 7.65. The van der Waals surface area contributed by atoms with Crippen molar-refractivity contribution in [2.24, 2.45) is 40.9 Å².